The minimum absolute atomic E-state index is 0.179. The normalized spacial score (nSPS) is 10.3. The van der Waals surface area contributed by atoms with Gasteiger partial charge in [0.05, 0.1) is 24.6 Å². The Balaban J connectivity index is 2.06. The molecular weight excluding hydrogens is 266 g/mol. The maximum atomic E-state index is 12.7. The van der Waals surface area contributed by atoms with E-state index in [1.54, 1.807) is 35.3 Å². The molecule has 0 aliphatic heterocycles. The first-order valence-electron chi connectivity index (χ1n) is 6.44. The van der Waals surface area contributed by atoms with Gasteiger partial charge in [-0.3, -0.25) is 4.79 Å². The number of ketones is 1. The van der Waals surface area contributed by atoms with Crippen LogP contribution in [0, 0.1) is 0 Å². The second-order valence-electron chi connectivity index (χ2n) is 4.35. The van der Waals surface area contributed by atoms with E-state index in [0.717, 1.165) is 5.69 Å². The second kappa shape index (κ2) is 5.58. The molecule has 0 radical (unpaired) electrons. The third-order valence-corrected chi connectivity index (χ3v) is 3.09. The predicted molar refractivity (Wildman–Crippen MR) is 77.8 cm³/mol. The minimum Gasteiger partial charge on any atom is -0.480 e. The number of carbonyl (C=O) groups excluding carboxylic acids is 1. The highest BCUT2D eigenvalue weighted by molar-refractivity contribution is 6.09. The van der Waals surface area contributed by atoms with Crippen molar-refractivity contribution in [3.63, 3.8) is 0 Å². The minimum atomic E-state index is -0.179. The molecule has 2 heterocycles. The summed E-state index contributed by atoms with van der Waals surface area (Å²) in [6, 6.07) is 14.6. The molecule has 0 bridgehead atoms. The van der Waals surface area contributed by atoms with Gasteiger partial charge in [-0.05, 0) is 30.3 Å². The number of benzene rings is 1. The summed E-state index contributed by atoms with van der Waals surface area (Å²) in [4.78, 5) is 16.8. The van der Waals surface area contributed by atoms with Crippen LogP contribution in [0.3, 0.4) is 0 Å². The summed E-state index contributed by atoms with van der Waals surface area (Å²) in [6.07, 6.45) is 3.19. The topological polar surface area (TPSA) is 57.0 Å². The molecule has 104 valence electrons. The standard InChI is InChI=1S/C16H13N3O2/c1-21-16-13(8-5-10-17-16)15(20)14-9-11-18-19(14)12-6-3-2-4-7-12/h2-11H,1H3. The van der Waals surface area contributed by atoms with E-state index in [4.69, 9.17) is 4.74 Å². The molecule has 5 heteroatoms. The second-order valence-corrected chi connectivity index (χ2v) is 4.35. The van der Waals surface area contributed by atoms with Crippen molar-refractivity contribution >= 4 is 5.78 Å². The van der Waals surface area contributed by atoms with E-state index < -0.39 is 0 Å². The lowest BCUT2D eigenvalue weighted by Crippen LogP contribution is -2.11. The number of carbonyl (C=O) groups is 1. The van der Waals surface area contributed by atoms with Crippen LogP contribution < -0.4 is 4.74 Å². The molecule has 5 nitrogen and oxygen atoms in total. The average Bonchev–Trinajstić information content (AvgIpc) is 3.04. The summed E-state index contributed by atoms with van der Waals surface area (Å²) >= 11 is 0. The summed E-state index contributed by atoms with van der Waals surface area (Å²) in [5, 5.41) is 4.22. The molecular formula is C16H13N3O2. The van der Waals surface area contributed by atoms with Gasteiger partial charge in [0.1, 0.15) is 5.69 Å². The largest absolute Gasteiger partial charge is 0.480 e. The number of hydrogen-bond donors (Lipinski definition) is 0. The lowest BCUT2D eigenvalue weighted by atomic mass is 10.1. The molecule has 0 aliphatic carbocycles. The van der Waals surface area contributed by atoms with E-state index in [1.807, 2.05) is 30.3 Å². The number of rotatable bonds is 4. The molecule has 0 saturated carbocycles. The van der Waals surface area contributed by atoms with Gasteiger partial charge in [-0.1, -0.05) is 18.2 Å². The Morgan fingerprint density at radius 2 is 1.86 bits per heavy atom. The Labute approximate surface area is 121 Å². The van der Waals surface area contributed by atoms with Gasteiger partial charge in [0.2, 0.25) is 11.7 Å². The fraction of sp³-hybridized carbons (Fsp3) is 0.0625. The molecule has 3 rings (SSSR count). The van der Waals surface area contributed by atoms with Crippen molar-refractivity contribution < 1.29 is 9.53 Å². The van der Waals surface area contributed by atoms with Gasteiger partial charge in [0.15, 0.2) is 0 Å². The molecule has 2 aromatic heterocycles. The van der Waals surface area contributed by atoms with Gasteiger partial charge in [-0.25, -0.2) is 9.67 Å². The zero-order chi connectivity index (χ0) is 14.7. The van der Waals surface area contributed by atoms with Crippen LogP contribution in [-0.2, 0) is 0 Å². The van der Waals surface area contributed by atoms with Crippen LogP contribution in [0.1, 0.15) is 16.1 Å². The third kappa shape index (κ3) is 2.41. The average molecular weight is 279 g/mol. The summed E-state index contributed by atoms with van der Waals surface area (Å²) < 4.78 is 6.75. The van der Waals surface area contributed by atoms with Crippen LogP contribution in [0.4, 0.5) is 0 Å². The molecule has 0 spiro atoms. The van der Waals surface area contributed by atoms with Crippen molar-refractivity contribution in [2.45, 2.75) is 0 Å². The van der Waals surface area contributed by atoms with Crippen LogP contribution >= 0.6 is 0 Å². The number of pyridine rings is 1. The lowest BCUT2D eigenvalue weighted by molar-refractivity contribution is 0.102. The molecule has 0 saturated heterocycles. The number of methoxy groups -OCH3 is 1. The fourth-order valence-electron chi connectivity index (χ4n) is 2.11. The highest BCUT2D eigenvalue weighted by Gasteiger charge is 2.19. The SMILES string of the molecule is COc1ncccc1C(=O)c1ccnn1-c1ccccc1. The Morgan fingerprint density at radius 3 is 2.62 bits per heavy atom. The zero-order valence-corrected chi connectivity index (χ0v) is 11.4. The van der Waals surface area contributed by atoms with E-state index in [0.29, 0.717) is 17.1 Å². The first kappa shape index (κ1) is 13.1. The Bertz CT molecular complexity index is 766. The summed E-state index contributed by atoms with van der Waals surface area (Å²) in [5.41, 5.74) is 1.71. The number of aromatic nitrogens is 3. The number of para-hydroxylation sites is 1. The van der Waals surface area contributed by atoms with Gasteiger partial charge in [0.25, 0.3) is 0 Å². The lowest BCUT2D eigenvalue weighted by Gasteiger charge is -2.08. The molecule has 1 aromatic carbocycles. The molecule has 0 atom stereocenters. The van der Waals surface area contributed by atoms with Crippen molar-refractivity contribution in [2.24, 2.45) is 0 Å². The van der Waals surface area contributed by atoms with Crippen LogP contribution in [-0.4, -0.2) is 27.7 Å². The summed E-state index contributed by atoms with van der Waals surface area (Å²) in [6.45, 7) is 0. The van der Waals surface area contributed by atoms with E-state index in [1.165, 1.54) is 7.11 Å². The van der Waals surface area contributed by atoms with E-state index in [2.05, 4.69) is 10.1 Å². The van der Waals surface area contributed by atoms with Crippen LogP contribution in [0.2, 0.25) is 0 Å². The first-order chi connectivity index (χ1) is 10.3. The molecule has 0 aliphatic rings. The maximum absolute atomic E-state index is 12.7. The number of hydrogen-bond acceptors (Lipinski definition) is 4. The summed E-state index contributed by atoms with van der Waals surface area (Å²) in [5.74, 6) is 0.129. The van der Waals surface area contributed by atoms with Crippen LogP contribution in [0.5, 0.6) is 5.88 Å². The quantitative estimate of drug-likeness (QED) is 0.688. The fourth-order valence-corrected chi connectivity index (χ4v) is 2.11. The van der Waals surface area contributed by atoms with Gasteiger partial charge < -0.3 is 4.74 Å². The van der Waals surface area contributed by atoms with Gasteiger partial charge in [0, 0.05) is 6.20 Å². The number of nitrogens with zero attached hydrogens (tertiary/aromatic N) is 3. The van der Waals surface area contributed by atoms with Gasteiger partial charge >= 0.3 is 0 Å². The number of ether oxygens (including phenoxy) is 1. The molecule has 0 amide bonds. The van der Waals surface area contributed by atoms with E-state index >= 15 is 0 Å². The maximum Gasteiger partial charge on any atom is 0.224 e. The molecule has 0 fully saturated rings. The highest BCUT2D eigenvalue weighted by atomic mass is 16.5. The Kier molecular flexibility index (Phi) is 3.47. The zero-order valence-electron chi connectivity index (χ0n) is 11.4. The Hall–Kier alpha value is -2.95. The van der Waals surface area contributed by atoms with Gasteiger partial charge in [-0.15, -0.1) is 0 Å². The van der Waals surface area contributed by atoms with Crippen molar-refractivity contribution in [3.8, 4) is 11.6 Å². The van der Waals surface area contributed by atoms with Crippen LogP contribution in [0.25, 0.3) is 5.69 Å². The summed E-state index contributed by atoms with van der Waals surface area (Å²) in [7, 11) is 1.49. The van der Waals surface area contributed by atoms with E-state index in [-0.39, 0.29) is 5.78 Å². The van der Waals surface area contributed by atoms with Crippen molar-refractivity contribution in [3.05, 3.63) is 72.2 Å². The monoisotopic (exact) mass is 279 g/mol. The van der Waals surface area contributed by atoms with Gasteiger partial charge in [-0.2, -0.15) is 5.10 Å². The highest BCUT2D eigenvalue weighted by Crippen LogP contribution is 2.20. The van der Waals surface area contributed by atoms with Crippen molar-refractivity contribution in [1.29, 1.82) is 0 Å². The van der Waals surface area contributed by atoms with Crippen LogP contribution in [0.15, 0.2) is 60.9 Å². The first-order valence-corrected chi connectivity index (χ1v) is 6.44. The molecule has 0 unspecified atom stereocenters. The molecule has 21 heavy (non-hydrogen) atoms. The van der Waals surface area contributed by atoms with E-state index in [9.17, 15) is 4.79 Å². The smallest absolute Gasteiger partial charge is 0.224 e. The molecule has 3 aromatic rings. The van der Waals surface area contributed by atoms with Crippen molar-refractivity contribution in [2.75, 3.05) is 7.11 Å². The third-order valence-electron chi connectivity index (χ3n) is 3.09. The molecule has 0 N–H and O–H groups in total. The van der Waals surface area contributed by atoms with Crippen molar-refractivity contribution in [1.82, 2.24) is 14.8 Å². The predicted octanol–water partition coefficient (Wildman–Crippen LogP) is 2.51. The Morgan fingerprint density at radius 1 is 1.05 bits per heavy atom.